The number of aromatic nitrogens is 2. The highest BCUT2D eigenvalue weighted by molar-refractivity contribution is 6.38. The summed E-state index contributed by atoms with van der Waals surface area (Å²) in [6.07, 6.45) is 13.9. The van der Waals surface area contributed by atoms with Crippen LogP contribution in [-0.2, 0) is 24.0 Å². The van der Waals surface area contributed by atoms with E-state index in [2.05, 4.69) is 31.2 Å². The van der Waals surface area contributed by atoms with E-state index in [1.54, 1.807) is 4.90 Å². The fourth-order valence-electron chi connectivity index (χ4n) is 7.87. The Balaban J connectivity index is 1.36. The van der Waals surface area contributed by atoms with E-state index in [4.69, 9.17) is 0 Å². The van der Waals surface area contributed by atoms with E-state index in [1.165, 1.54) is 18.6 Å². The van der Waals surface area contributed by atoms with Crippen LogP contribution in [0.4, 0.5) is 0 Å². The van der Waals surface area contributed by atoms with Crippen LogP contribution >= 0.6 is 0 Å². The Labute approximate surface area is 288 Å². The summed E-state index contributed by atoms with van der Waals surface area (Å²) in [6.45, 7) is 7.85. The van der Waals surface area contributed by atoms with Crippen LogP contribution in [0.5, 0.6) is 0 Å². The van der Waals surface area contributed by atoms with Crippen molar-refractivity contribution in [1.82, 2.24) is 36.1 Å². The Morgan fingerprint density at radius 2 is 1.63 bits per heavy atom. The molecule has 1 saturated heterocycles. The van der Waals surface area contributed by atoms with Gasteiger partial charge < -0.3 is 26.2 Å². The van der Waals surface area contributed by atoms with Gasteiger partial charge in [-0.1, -0.05) is 59.8 Å². The highest BCUT2D eigenvalue weighted by Gasteiger charge is 2.52. The van der Waals surface area contributed by atoms with E-state index >= 15 is 0 Å². The predicted molar refractivity (Wildman–Crippen MR) is 181 cm³/mol. The second-order valence-corrected chi connectivity index (χ2v) is 15.5. The van der Waals surface area contributed by atoms with Gasteiger partial charge in [0.15, 0.2) is 0 Å². The molecule has 5 amide bonds. The van der Waals surface area contributed by atoms with E-state index in [1.807, 2.05) is 27.7 Å². The summed E-state index contributed by atoms with van der Waals surface area (Å²) in [6, 6.07) is -3.68. The van der Waals surface area contributed by atoms with Crippen molar-refractivity contribution in [3.63, 3.8) is 0 Å². The smallest absolute Gasteiger partial charge is 0.289 e. The molecule has 3 saturated carbocycles. The van der Waals surface area contributed by atoms with Crippen molar-refractivity contribution >= 4 is 35.3 Å². The van der Waals surface area contributed by atoms with Gasteiger partial charge in [-0.05, 0) is 68.1 Å². The van der Waals surface area contributed by atoms with E-state index in [0.29, 0.717) is 19.4 Å². The molecule has 0 aromatic carbocycles. The Morgan fingerprint density at radius 1 is 0.898 bits per heavy atom. The van der Waals surface area contributed by atoms with E-state index in [0.717, 1.165) is 64.2 Å². The second kappa shape index (κ2) is 15.8. The Kier molecular flexibility index (Phi) is 11.7. The van der Waals surface area contributed by atoms with Crippen molar-refractivity contribution in [3.05, 3.63) is 24.3 Å². The fraction of sp³-hybridized carbons (Fsp3) is 0.722. The quantitative estimate of drug-likeness (QED) is 0.230. The minimum atomic E-state index is -0.994. The first kappa shape index (κ1) is 36.4. The van der Waals surface area contributed by atoms with Crippen molar-refractivity contribution < 1.29 is 28.8 Å². The number of fused-ring (bicyclic) bond motifs is 1. The van der Waals surface area contributed by atoms with E-state index in [-0.39, 0.29) is 35.4 Å². The second-order valence-electron chi connectivity index (χ2n) is 15.5. The van der Waals surface area contributed by atoms with Crippen molar-refractivity contribution in [3.8, 4) is 0 Å². The van der Waals surface area contributed by atoms with Crippen LogP contribution in [0.15, 0.2) is 18.6 Å². The molecule has 13 heteroatoms. The molecule has 268 valence electrons. The lowest BCUT2D eigenvalue weighted by molar-refractivity contribution is -0.146. The maximum Gasteiger partial charge on any atom is 0.289 e. The molecule has 4 N–H and O–H groups in total. The SMILES string of the molecule is CCC[C@H](NC(=O)[C@@H]1[C@@H]2CCC[C@@H]2CN1C(=O)[C@@H](NC(=O)[C@@H](NC(=O)c1cnccn1)C1CCCCC1)C(C)(C)C)C(=O)C(=O)NC1CC1. The number of nitrogens with one attached hydrogen (secondary N) is 4. The maximum absolute atomic E-state index is 14.6. The molecule has 1 aromatic rings. The maximum atomic E-state index is 14.6. The molecule has 2 heterocycles. The highest BCUT2D eigenvalue weighted by atomic mass is 16.2. The molecule has 1 aromatic heterocycles. The van der Waals surface area contributed by atoms with Gasteiger partial charge in [-0.3, -0.25) is 33.8 Å². The molecule has 5 rings (SSSR count). The standard InChI is InChI=1S/C36H53N7O6/c1-5-10-25(29(44)34(48)39-23-15-16-23)40-33(47)28-24-14-9-13-22(24)20-43(28)35(49)30(36(2,3)4)42-32(46)27(21-11-7-6-8-12-21)41-31(45)26-19-37-17-18-38-26/h17-19,21-25,27-28,30H,5-16,20H2,1-4H3,(H,39,48)(H,40,47)(H,41,45)(H,42,46)/t22-,24-,25+,27+,28+,30-/m1/s1. The average Bonchev–Trinajstić information content (AvgIpc) is 3.65. The third-order valence-corrected chi connectivity index (χ3v) is 10.7. The summed E-state index contributed by atoms with van der Waals surface area (Å²) in [7, 11) is 0. The largest absolute Gasteiger partial charge is 0.347 e. The molecule has 4 fully saturated rings. The lowest BCUT2D eigenvalue weighted by atomic mass is 9.82. The molecule has 0 radical (unpaired) electrons. The Morgan fingerprint density at radius 3 is 2.27 bits per heavy atom. The van der Waals surface area contributed by atoms with Gasteiger partial charge in [0.2, 0.25) is 23.5 Å². The van der Waals surface area contributed by atoms with E-state index in [9.17, 15) is 28.8 Å². The van der Waals surface area contributed by atoms with Gasteiger partial charge in [0, 0.05) is 25.0 Å². The highest BCUT2D eigenvalue weighted by Crippen LogP contribution is 2.43. The van der Waals surface area contributed by atoms with Crippen molar-refractivity contribution in [2.24, 2.45) is 23.2 Å². The number of amides is 5. The van der Waals surface area contributed by atoms with Gasteiger partial charge in [-0.15, -0.1) is 0 Å². The van der Waals surface area contributed by atoms with Crippen LogP contribution in [0.3, 0.4) is 0 Å². The third kappa shape index (κ3) is 8.83. The Bertz CT molecular complexity index is 1390. The van der Waals surface area contributed by atoms with Gasteiger partial charge in [0.05, 0.1) is 12.2 Å². The lowest BCUT2D eigenvalue weighted by Crippen LogP contribution is -2.62. The summed E-state index contributed by atoms with van der Waals surface area (Å²) in [5.41, 5.74) is -0.638. The van der Waals surface area contributed by atoms with Crippen molar-refractivity contribution in [2.75, 3.05) is 6.54 Å². The van der Waals surface area contributed by atoms with Gasteiger partial charge in [0.25, 0.3) is 11.8 Å². The van der Waals surface area contributed by atoms with Crippen molar-refractivity contribution in [2.45, 2.75) is 135 Å². The monoisotopic (exact) mass is 679 g/mol. The zero-order valence-electron chi connectivity index (χ0n) is 29.3. The topological polar surface area (TPSA) is 180 Å². The summed E-state index contributed by atoms with van der Waals surface area (Å²) < 4.78 is 0. The average molecular weight is 680 g/mol. The molecule has 49 heavy (non-hydrogen) atoms. The molecule has 1 aliphatic heterocycles. The predicted octanol–water partition coefficient (Wildman–Crippen LogP) is 2.45. The minimum Gasteiger partial charge on any atom is -0.347 e. The number of hydrogen-bond acceptors (Lipinski definition) is 8. The molecule has 4 aliphatic rings. The molecular formula is C36H53N7O6. The van der Waals surface area contributed by atoms with E-state index < -0.39 is 59.0 Å². The van der Waals surface area contributed by atoms with Crippen LogP contribution in [-0.4, -0.2) is 86.9 Å². The summed E-state index contributed by atoms with van der Waals surface area (Å²) >= 11 is 0. The van der Waals surface area contributed by atoms with Gasteiger partial charge in [-0.2, -0.15) is 0 Å². The third-order valence-electron chi connectivity index (χ3n) is 10.7. The van der Waals surface area contributed by atoms with Gasteiger partial charge >= 0.3 is 0 Å². The van der Waals surface area contributed by atoms with Gasteiger partial charge in [-0.25, -0.2) is 4.98 Å². The fourth-order valence-corrected chi connectivity index (χ4v) is 7.87. The number of carbonyl (C=O) groups is 6. The number of likely N-dealkylation sites (tertiary alicyclic amines) is 1. The first-order chi connectivity index (χ1) is 23.4. The molecule has 6 atom stereocenters. The molecule has 3 aliphatic carbocycles. The van der Waals surface area contributed by atoms with Crippen LogP contribution < -0.4 is 21.3 Å². The number of Topliss-reactive ketones (excluding diaryl/α,β-unsaturated/α-hetero) is 1. The summed E-state index contributed by atoms with van der Waals surface area (Å²) in [5.74, 6) is -3.20. The van der Waals surface area contributed by atoms with Crippen molar-refractivity contribution in [1.29, 1.82) is 0 Å². The van der Waals surface area contributed by atoms with Gasteiger partial charge in [0.1, 0.15) is 23.8 Å². The molecule has 0 spiro atoms. The zero-order chi connectivity index (χ0) is 35.3. The molecular weight excluding hydrogens is 626 g/mol. The summed E-state index contributed by atoms with van der Waals surface area (Å²) in [5, 5.41) is 11.5. The number of nitrogens with zero attached hydrogens (tertiary/aromatic N) is 3. The normalized spacial score (nSPS) is 24.2. The number of hydrogen-bond donors (Lipinski definition) is 4. The van der Waals surface area contributed by atoms with Crippen LogP contribution in [0.1, 0.15) is 115 Å². The number of carbonyl (C=O) groups excluding carboxylic acids is 6. The zero-order valence-corrected chi connectivity index (χ0v) is 29.3. The lowest BCUT2D eigenvalue weighted by Gasteiger charge is -2.38. The number of rotatable bonds is 13. The van der Waals surface area contributed by atoms with Crippen LogP contribution in [0.25, 0.3) is 0 Å². The summed E-state index contributed by atoms with van der Waals surface area (Å²) in [4.78, 5) is 91.4. The Hall–Kier alpha value is -3.90. The molecule has 0 unspecified atom stereocenters. The minimum absolute atomic E-state index is 0.0132. The first-order valence-corrected chi connectivity index (χ1v) is 18.2. The van der Waals surface area contributed by atoms with Crippen LogP contribution in [0.2, 0.25) is 0 Å². The first-order valence-electron chi connectivity index (χ1n) is 18.2. The molecule has 0 bridgehead atoms. The molecule has 13 nitrogen and oxygen atoms in total. The number of ketones is 1. The van der Waals surface area contributed by atoms with Crippen LogP contribution in [0, 0.1) is 23.2 Å².